The summed E-state index contributed by atoms with van der Waals surface area (Å²) in [6, 6.07) is 10.8. The van der Waals surface area contributed by atoms with Gasteiger partial charge in [-0.2, -0.15) is 0 Å². The Balaban J connectivity index is 1.73. The lowest BCUT2D eigenvalue weighted by Crippen LogP contribution is -2.43. The van der Waals surface area contributed by atoms with Crippen LogP contribution >= 0.6 is 0 Å². The second-order valence-electron chi connectivity index (χ2n) is 6.44. The predicted molar refractivity (Wildman–Crippen MR) is 101 cm³/mol. The zero-order chi connectivity index (χ0) is 19.7. The van der Waals surface area contributed by atoms with E-state index >= 15 is 0 Å². The van der Waals surface area contributed by atoms with Crippen LogP contribution in [0.25, 0.3) is 22.8 Å². The topological polar surface area (TPSA) is 84.4 Å². The number of anilines is 1. The van der Waals surface area contributed by atoms with E-state index in [0.717, 1.165) is 44.0 Å². The van der Waals surface area contributed by atoms with Gasteiger partial charge in [0.1, 0.15) is 17.2 Å². The fourth-order valence-corrected chi connectivity index (χ4v) is 3.24. The number of amides is 1. The van der Waals surface area contributed by atoms with Crippen molar-refractivity contribution in [2.24, 2.45) is 5.73 Å². The standard InChI is InChI=1S/C20H18F2N4O2/c21-14-2-1-3-15(22)16(14)20-25-17(19(23)27)18(28-20)12-4-6-13(7-5-12)26-10-8-24-9-11-26/h1-7,24H,8-11H2,(H2,23,27). The van der Waals surface area contributed by atoms with Gasteiger partial charge in [-0.1, -0.05) is 6.07 Å². The summed E-state index contributed by atoms with van der Waals surface area (Å²) in [4.78, 5) is 18.0. The first kappa shape index (κ1) is 18.1. The van der Waals surface area contributed by atoms with Gasteiger partial charge in [0.05, 0.1) is 0 Å². The molecule has 0 aliphatic carbocycles. The Bertz CT molecular complexity index is 991. The van der Waals surface area contributed by atoms with Crippen molar-refractivity contribution in [1.29, 1.82) is 0 Å². The smallest absolute Gasteiger partial charge is 0.271 e. The number of carbonyl (C=O) groups is 1. The maximum absolute atomic E-state index is 14.1. The zero-order valence-electron chi connectivity index (χ0n) is 14.9. The van der Waals surface area contributed by atoms with Crippen molar-refractivity contribution in [2.45, 2.75) is 0 Å². The van der Waals surface area contributed by atoms with Crippen molar-refractivity contribution in [3.63, 3.8) is 0 Å². The molecule has 3 N–H and O–H groups in total. The van der Waals surface area contributed by atoms with Crippen LogP contribution in [0.1, 0.15) is 10.5 Å². The number of carbonyl (C=O) groups excluding carboxylic acids is 1. The molecule has 0 bridgehead atoms. The van der Waals surface area contributed by atoms with Gasteiger partial charge >= 0.3 is 0 Å². The quantitative estimate of drug-likeness (QED) is 0.723. The van der Waals surface area contributed by atoms with Gasteiger partial charge in [0, 0.05) is 37.4 Å². The Kier molecular flexibility index (Phi) is 4.79. The van der Waals surface area contributed by atoms with E-state index in [0.29, 0.717) is 5.56 Å². The van der Waals surface area contributed by atoms with E-state index in [1.54, 1.807) is 12.1 Å². The number of oxazole rings is 1. The molecule has 0 spiro atoms. The molecule has 8 heteroatoms. The molecule has 0 saturated carbocycles. The number of hydrogen-bond donors (Lipinski definition) is 2. The molecule has 144 valence electrons. The van der Waals surface area contributed by atoms with Gasteiger partial charge in [-0.25, -0.2) is 13.8 Å². The number of hydrogen-bond acceptors (Lipinski definition) is 5. The number of aromatic nitrogens is 1. The molecule has 2 heterocycles. The second kappa shape index (κ2) is 7.40. The molecule has 1 amide bonds. The van der Waals surface area contributed by atoms with E-state index in [9.17, 15) is 13.6 Å². The highest BCUT2D eigenvalue weighted by Gasteiger charge is 2.24. The third-order valence-electron chi connectivity index (χ3n) is 4.65. The molecule has 0 atom stereocenters. The van der Waals surface area contributed by atoms with Crippen LogP contribution in [-0.4, -0.2) is 37.1 Å². The molecule has 0 unspecified atom stereocenters. The first-order valence-corrected chi connectivity index (χ1v) is 8.85. The van der Waals surface area contributed by atoms with Crippen molar-refractivity contribution in [3.05, 3.63) is 59.8 Å². The van der Waals surface area contributed by atoms with E-state index in [1.165, 1.54) is 6.07 Å². The van der Waals surface area contributed by atoms with E-state index in [2.05, 4.69) is 15.2 Å². The monoisotopic (exact) mass is 384 g/mol. The molecule has 1 aliphatic heterocycles. The molecule has 3 aromatic rings. The number of benzene rings is 2. The molecular formula is C20H18F2N4O2. The largest absolute Gasteiger partial charge is 0.435 e. The summed E-state index contributed by atoms with van der Waals surface area (Å²) in [7, 11) is 0. The van der Waals surface area contributed by atoms with E-state index in [4.69, 9.17) is 10.2 Å². The van der Waals surface area contributed by atoms with E-state index in [1.807, 2.05) is 12.1 Å². The van der Waals surface area contributed by atoms with Gasteiger partial charge in [-0.3, -0.25) is 4.79 Å². The van der Waals surface area contributed by atoms with Gasteiger partial charge in [0.2, 0.25) is 5.89 Å². The summed E-state index contributed by atoms with van der Waals surface area (Å²) in [5.41, 5.74) is 6.37. The highest BCUT2D eigenvalue weighted by molar-refractivity contribution is 5.97. The number of primary amides is 1. The lowest BCUT2D eigenvalue weighted by molar-refractivity contribution is 0.0996. The molecule has 0 radical (unpaired) electrons. The highest BCUT2D eigenvalue weighted by atomic mass is 19.1. The molecule has 1 saturated heterocycles. The minimum atomic E-state index is -0.840. The molecule has 4 rings (SSSR count). The van der Waals surface area contributed by atoms with Crippen LogP contribution in [0.4, 0.5) is 14.5 Å². The van der Waals surface area contributed by atoms with Crippen LogP contribution in [0.3, 0.4) is 0 Å². The Labute approximate surface area is 160 Å². The Morgan fingerprint density at radius 3 is 2.32 bits per heavy atom. The molecule has 6 nitrogen and oxygen atoms in total. The maximum Gasteiger partial charge on any atom is 0.271 e. The number of nitrogens with one attached hydrogen (secondary N) is 1. The highest BCUT2D eigenvalue weighted by Crippen LogP contribution is 2.33. The van der Waals surface area contributed by atoms with Crippen LogP contribution < -0.4 is 16.0 Å². The van der Waals surface area contributed by atoms with Crippen molar-refractivity contribution in [1.82, 2.24) is 10.3 Å². The minimum absolute atomic E-state index is 0.0806. The summed E-state index contributed by atoms with van der Waals surface area (Å²) in [5, 5.41) is 3.29. The molecular weight excluding hydrogens is 366 g/mol. The van der Waals surface area contributed by atoms with Crippen LogP contribution in [0.5, 0.6) is 0 Å². The lowest BCUT2D eigenvalue weighted by atomic mass is 10.1. The average Bonchev–Trinajstić information content (AvgIpc) is 3.14. The predicted octanol–water partition coefficient (Wildman–Crippen LogP) is 2.80. The van der Waals surface area contributed by atoms with Gasteiger partial charge < -0.3 is 20.4 Å². The SMILES string of the molecule is NC(=O)c1nc(-c2c(F)cccc2F)oc1-c1ccc(N2CCNCC2)cc1. The normalized spacial score (nSPS) is 14.3. The minimum Gasteiger partial charge on any atom is -0.435 e. The fraction of sp³-hybridized carbons (Fsp3) is 0.200. The van der Waals surface area contributed by atoms with Gasteiger partial charge in [0.15, 0.2) is 11.5 Å². The summed E-state index contributed by atoms with van der Waals surface area (Å²) in [6.07, 6.45) is 0. The maximum atomic E-state index is 14.1. The van der Waals surface area contributed by atoms with Crippen molar-refractivity contribution in [3.8, 4) is 22.8 Å². The van der Waals surface area contributed by atoms with Crippen molar-refractivity contribution in [2.75, 3.05) is 31.1 Å². The Morgan fingerprint density at radius 2 is 1.71 bits per heavy atom. The first-order chi connectivity index (χ1) is 13.5. The number of rotatable bonds is 4. The number of nitrogens with zero attached hydrogens (tertiary/aromatic N) is 2. The third kappa shape index (κ3) is 3.34. The average molecular weight is 384 g/mol. The molecule has 1 aliphatic rings. The Hall–Kier alpha value is -3.26. The molecule has 28 heavy (non-hydrogen) atoms. The summed E-state index contributed by atoms with van der Waals surface area (Å²) >= 11 is 0. The number of piperazine rings is 1. The van der Waals surface area contributed by atoms with Crippen LogP contribution in [-0.2, 0) is 0 Å². The fourth-order valence-electron chi connectivity index (χ4n) is 3.24. The summed E-state index contributed by atoms with van der Waals surface area (Å²) in [5.74, 6) is -2.76. The van der Waals surface area contributed by atoms with Crippen LogP contribution in [0, 0.1) is 11.6 Å². The molecule has 2 aromatic carbocycles. The summed E-state index contributed by atoms with van der Waals surface area (Å²) < 4.78 is 33.7. The number of halogens is 2. The summed E-state index contributed by atoms with van der Waals surface area (Å²) in [6.45, 7) is 3.61. The molecule has 1 aromatic heterocycles. The van der Waals surface area contributed by atoms with E-state index < -0.39 is 23.1 Å². The lowest BCUT2D eigenvalue weighted by Gasteiger charge is -2.29. The second-order valence-corrected chi connectivity index (χ2v) is 6.44. The van der Waals surface area contributed by atoms with Gasteiger partial charge in [-0.05, 0) is 36.4 Å². The van der Waals surface area contributed by atoms with Crippen molar-refractivity contribution >= 4 is 11.6 Å². The van der Waals surface area contributed by atoms with E-state index in [-0.39, 0.29) is 17.3 Å². The Morgan fingerprint density at radius 1 is 1.07 bits per heavy atom. The number of nitrogens with two attached hydrogens (primary N) is 1. The van der Waals surface area contributed by atoms with Crippen LogP contribution in [0.15, 0.2) is 46.9 Å². The van der Waals surface area contributed by atoms with Crippen molar-refractivity contribution < 1.29 is 18.0 Å². The van der Waals surface area contributed by atoms with Gasteiger partial charge in [0.25, 0.3) is 5.91 Å². The van der Waals surface area contributed by atoms with Crippen LogP contribution in [0.2, 0.25) is 0 Å². The third-order valence-corrected chi connectivity index (χ3v) is 4.65. The van der Waals surface area contributed by atoms with Gasteiger partial charge in [-0.15, -0.1) is 0 Å². The molecule has 1 fully saturated rings. The first-order valence-electron chi connectivity index (χ1n) is 8.85. The zero-order valence-corrected chi connectivity index (χ0v) is 14.9.